The minimum Gasteiger partial charge on any atom is -0.427 e. The van der Waals surface area contributed by atoms with Gasteiger partial charge in [0.25, 0.3) is 11.8 Å². The molecule has 2 aliphatic heterocycles. The van der Waals surface area contributed by atoms with E-state index in [1.165, 1.54) is 35.1 Å². The van der Waals surface area contributed by atoms with Crippen LogP contribution in [-0.4, -0.2) is 82.6 Å². The molecule has 2 aromatic heterocycles. The lowest BCUT2D eigenvalue weighted by molar-refractivity contribution is -0.174. The molecule has 2 aliphatic rings. The molecule has 3 aromatic carbocycles. The molecule has 0 aliphatic carbocycles. The lowest BCUT2D eigenvalue weighted by atomic mass is 9.77. The van der Waals surface area contributed by atoms with Crippen molar-refractivity contribution < 1.29 is 33.5 Å². The highest BCUT2D eigenvalue weighted by atomic mass is 35.5. The average molecular weight is 901 g/mol. The van der Waals surface area contributed by atoms with E-state index in [-0.39, 0.29) is 21.4 Å². The number of hydrogen-bond donors (Lipinski definition) is 3. The van der Waals surface area contributed by atoms with Gasteiger partial charge in [-0.2, -0.15) is 0 Å². The molecule has 7 rings (SSSR count). The highest BCUT2D eigenvalue weighted by Gasteiger charge is 2.54. The zero-order valence-electron chi connectivity index (χ0n) is 33.6. The number of thiazole rings is 1. The number of thioether (sulfide) groups is 1. The predicted molar refractivity (Wildman–Crippen MR) is 234 cm³/mol. The minimum atomic E-state index is -1.04. The van der Waals surface area contributed by atoms with Crippen LogP contribution < -0.4 is 16.0 Å². The molecule has 1 saturated heterocycles. The Morgan fingerprint density at radius 1 is 0.902 bits per heavy atom. The van der Waals surface area contributed by atoms with Gasteiger partial charge in [0, 0.05) is 12.0 Å². The molecule has 61 heavy (non-hydrogen) atoms. The van der Waals surface area contributed by atoms with E-state index in [0.29, 0.717) is 32.3 Å². The predicted octanol–water partition coefficient (Wildman–Crippen LogP) is 7.03. The average Bonchev–Trinajstić information content (AvgIpc) is 3.88. The molecule has 2 unspecified atom stereocenters. The first-order valence-electron chi connectivity index (χ1n) is 19.0. The number of halogens is 1. The van der Waals surface area contributed by atoms with Crippen LogP contribution in [0.1, 0.15) is 56.0 Å². The number of fused-ring (bicyclic) bond motifs is 1. The summed E-state index contributed by atoms with van der Waals surface area (Å²) in [5.41, 5.74) is 0.775. The Morgan fingerprint density at radius 3 is 2.05 bits per heavy atom. The number of esters is 2. The number of carbonyl (C=O) groups excluding carboxylic acids is 4. The second-order valence-electron chi connectivity index (χ2n) is 14.7. The van der Waals surface area contributed by atoms with Crippen LogP contribution in [0, 0.1) is 5.41 Å². The van der Waals surface area contributed by atoms with Gasteiger partial charge in [0.1, 0.15) is 34.4 Å². The molecule has 3 N–H and O–H groups in total. The maximum atomic E-state index is 14.1. The topological polar surface area (TPSA) is 186 Å². The second kappa shape index (κ2) is 18.4. The number of aromatic nitrogens is 3. The Morgan fingerprint density at radius 2 is 1.51 bits per heavy atom. The van der Waals surface area contributed by atoms with Gasteiger partial charge in [0.15, 0.2) is 15.2 Å². The van der Waals surface area contributed by atoms with Crippen molar-refractivity contribution in [2.45, 2.75) is 55.6 Å². The van der Waals surface area contributed by atoms with E-state index in [1.807, 2.05) is 91.0 Å². The molecule has 4 heterocycles. The third-order valence-corrected chi connectivity index (χ3v) is 13.1. The summed E-state index contributed by atoms with van der Waals surface area (Å²) in [5.74, 6) is -2.78. The number of hydrogen-bond acceptors (Lipinski definition) is 16. The Hall–Kier alpha value is -5.82. The first kappa shape index (κ1) is 43.3. The maximum Gasteiger partial charge on any atom is 0.358 e. The van der Waals surface area contributed by atoms with Gasteiger partial charge in [-0.15, -0.1) is 10.2 Å². The number of benzene rings is 3. The SMILES string of the molecule is CNc1nnc(SC2=C(C(=O)OCOC(=O)C(C)(C)C)N3C(=O)C(NC(=O)/C(=N\OC)c4nc(NC(c5ccccc5)(c5ccccc5)c5ccccc5)sc4Cl)C3CC2)s1. The molecule has 316 valence electrons. The number of amides is 2. The highest BCUT2D eigenvalue weighted by Crippen LogP contribution is 2.45. The number of ether oxygens (including phenoxy) is 2. The van der Waals surface area contributed by atoms with Crippen LogP contribution in [-0.2, 0) is 39.0 Å². The number of carbonyl (C=O) groups is 4. The van der Waals surface area contributed by atoms with Gasteiger partial charge in [-0.25, -0.2) is 9.78 Å². The van der Waals surface area contributed by atoms with Crippen LogP contribution in [0.2, 0.25) is 4.34 Å². The molecule has 2 amide bonds. The standard InChI is InChI=1S/C42H41ClN8O7S3/c1-41(2,3)37(55)58-23-57-36(54)32-28(59-40-49-48-38(44-4)61-40)22-21-27-29(35(53)51(27)32)45-34(52)31(50-56-5)30-33(43)60-39(46-30)47-42(24-15-9-6-10-16-24,25-17-11-7-12-18-25)26-19-13-8-14-20-26/h6-20,27,29H,21-23H2,1-5H3,(H,44,48)(H,45,52)(H,46,47)/b50-31-. The Bertz CT molecular complexity index is 2380. The van der Waals surface area contributed by atoms with Crippen LogP contribution in [0.4, 0.5) is 10.3 Å². The summed E-state index contributed by atoms with van der Waals surface area (Å²) in [5, 5.41) is 22.6. The largest absolute Gasteiger partial charge is 0.427 e. The molecule has 15 nitrogen and oxygen atoms in total. The molecule has 2 atom stereocenters. The van der Waals surface area contributed by atoms with Crippen molar-refractivity contribution in [3.05, 3.63) is 128 Å². The van der Waals surface area contributed by atoms with Crippen LogP contribution in [0.3, 0.4) is 0 Å². The first-order chi connectivity index (χ1) is 29.3. The number of allylic oxidation sites excluding steroid dienone is 1. The van der Waals surface area contributed by atoms with E-state index in [1.54, 1.807) is 27.8 Å². The van der Waals surface area contributed by atoms with Gasteiger partial charge >= 0.3 is 11.9 Å². The van der Waals surface area contributed by atoms with E-state index in [0.717, 1.165) is 28.0 Å². The number of oxime groups is 1. The summed E-state index contributed by atoms with van der Waals surface area (Å²) in [7, 11) is 3.00. The zero-order chi connectivity index (χ0) is 43.3. The summed E-state index contributed by atoms with van der Waals surface area (Å²) < 4.78 is 11.2. The lowest BCUT2D eigenvalue weighted by Crippen LogP contribution is -2.72. The van der Waals surface area contributed by atoms with Crippen molar-refractivity contribution in [3.63, 3.8) is 0 Å². The molecule has 0 radical (unpaired) electrons. The third kappa shape index (κ3) is 8.98. The number of nitrogens with zero attached hydrogens (tertiary/aromatic N) is 5. The quantitative estimate of drug-likeness (QED) is 0.0243. The van der Waals surface area contributed by atoms with Gasteiger partial charge in [-0.1, -0.05) is 142 Å². The Balaban J connectivity index is 1.15. The zero-order valence-corrected chi connectivity index (χ0v) is 36.8. The highest BCUT2D eigenvalue weighted by molar-refractivity contribution is 8.04. The van der Waals surface area contributed by atoms with Crippen molar-refractivity contribution >= 4 is 85.8 Å². The monoisotopic (exact) mass is 900 g/mol. The van der Waals surface area contributed by atoms with Crippen molar-refractivity contribution in [1.82, 2.24) is 25.4 Å². The van der Waals surface area contributed by atoms with Crippen molar-refractivity contribution in [1.29, 1.82) is 0 Å². The Kier molecular flexibility index (Phi) is 13.1. The number of rotatable bonds is 15. The van der Waals surface area contributed by atoms with Gasteiger partial charge in [-0.05, 0) is 50.3 Å². The van der Waals surface area contributed by atoms with Gasteiger partial charge in [0.05, 0.1) is 11.5 Å². The number of nitrogens with one attached hydrogen (secondary N) is 3. The summed E-state index contributed by atoms with van der Waals surface area (Å²) >= 11 is 10.4. The third-order valence-electron chi connectivity index (χ3n) is 9.82. The van der Waals surface area contributed by atoms with E-state index in [9.17, 15) is 19.2 Å². The van der Waals surface area contributed by atoms with E-state index < -0.39 is 53.6 Å². The summed E-state index contributed by atoms with van der Waals surface area (Å²) in [6, 6.07) is 28.1. The van der Waals surface area contributed by atoms with Crippen LogP contribution in [0.15, 0.2) is 111 Å². The van der Waals surface area contributed by atoms with Crippen LogP contribution in [0.5, 0.6) is 0 Å². The molecule has 19 heteroatoms. The fraction of sp³-hybridized carbons (Fsp3) is 0.286. The summed E-state index contributed by atoms with van der Waals surface area (Å²) in [6.45, 7) is 4.36. The van der Waals surface area contributed by atoms with Gasteiger partial charge < -0.3 is 30.3 Å². The lowest BCUT2D eigenvalue weighted by Gasteiger charge is -2.50. The molecule has 0 bridgehead atoms. The molecule has 0 spiro atoms. The van der Waals surface area contributed by atoms with E-state index in [2.05, 4.69) is 31.3 Å². The van der Waals surface area contributed by atoms with Crippen LogP contribution in [0.25, 0.3) is 0 Å². The number of anilines is 2. The van der Waals surface area contributed by atoms with Gasteiger partial charge in [-0.3, -0.25) is 19.3 Å². The van der Waals surface area contributed by atoms with E-state index >= 15 is 0 Å². The molecule has 0 saturated carbocycles. The number of β-lactam (4-membered cyclic amide) rings is 1. The van der Waals surface area contributed by atoms with Crippen molar-refractivity contribution in [2.24, 2.45) is 10.6 Å². The minimum absolute atomic E-state index is 0.0347. The summed E-state index contributed by atoms with van der Waals surface area (Å²) in [6.07, 6.45) is 0.722. The summed E-state index contributed by atoms with van der Waals surface area (Å²) in [4.78, 5) is 65.9. The smallest absolute Gasteiger partial charge is 0.358 e. The second-order valence-corrected chi connectivity index (χ2v) is 18.7. The molecule has 5 aromatic rings. The van der Waals surface area contributed by atoms with Crippen molar-refractivity contribution in [3.8, 4) is 0 Å². The fourth-order valence-electron chi connectivity index (χ4n) is 6.93. The van der Waals surface area contributed by atoms with Crippen molar-refractivity contribution in [2.75, 3.05) is 31.6 Å². The Labute approximate surface area is 368 Å². The van der Waals surface area contributed by atoms with Gasteiger partial charge in [0.2, 0.25) is 11.9 Å². The molecular formula is C42H41ClN8O7S3. The first-order valence-corrected chi connectivity index (χ1v) is 21.8. The molecular weight excluding hydrogens is 860 g/mol. The molecule has 1 fully saturated rings. The van der Waals surface area contributed by atoms with E-state index in [4.69, 9.17) is 30.9 Å². The fourth-order valence-corrected chi connectivity index (χ4v) is 9.96. The van der Waals surface area contributed by atoms with Crippen LogP contribution >= 0.6 is 46.0 Å². The normalized spacial score (nSPS) is 16.6. The maximum absolute atomic E-state index is 14.1.